The molecule has 0 saturated carbocycles. The van der Waals surface area contributed by atoms with Gasteiger partial charge in [0.25, 0.3) is 5.91 Å². The van der Waals surface area contributed by atoms with E-state index in [1.54, 1.807) is 11.3 Å². The molecule has 1 fully saturated rings. The summed E-state index contributed by atoms with van der Waals surface area (Å²) in [7, 11) is 0. The standard InChI is InChI=1S/C20H25N3O2S/c1-3-18(24)21-12-16-13-26-19(22-16)15-8-10-23(11-9-15)20(25)17-7-5-4-6-14(17)2/h4-7,13,15H,3,8-12H2,1-2H3,(H,21,24). The van der Waals surface area contributed by atoms with Crippen LogP contribution in [-0.4, -0.2) is 34.8 Å². The van der Waals surface area contributed by atoms with Gasteiger partial charge in [-0.25, -0.2) is 4.98 Å². The molecule has 1 aromatic carbocycles. The molecule has 0 aliphatic carbocycles. The number of carbonyl (C=O) groups excluding carboxylic acids is 2. The predicted molar refractivity (Wildman–Crippen MR) is 103 cm³/mol. The molecule has 1 aliphatic heterocycles. The first-order valence-electron chi connectivity index (χ1n) is 9.14. The zero-order valence-electron chi connectivity index (χ0n) is 15.3. The van der Waals surface area contributed by atoms with Gasteiger partial charge in [-0.2, -0.15) is 0 Å². The largest absolute Gasteiger partial charge is 0.350 e. The van der Waals surface area contributed by atoms with E-state index in [9.17, 15) is 9.59 Å². The number of thiazole rings is 1. The van der Waals surface area contributed by atoms with Gasteiger partial charge in [-0.3, -0.25) is 9.59 Å². The van der Waals surface area contributed by atoms with Gasteiger partial charge in [-0.05, 0) is 31.4 Å². The van der Waals surface area contributed by atoms with Gasteiger partial charge in [0.05, 0.1) is 17.2 Å². The van der Waals surface area contributed by atoms with Crippen molar-refractivity contribution < 1.29 is 9.59 Å². The maximum atomic E-state index is 12.7. The Labute approximate surface area is 158 Å². The van der Waals surface area contributed by atoms with Crippen LogP contribution in [0.4, 0.5) is 0 Å². The highest BCUT2D eigenvalue weighted by Crippen LogP contribution is 2.31. The van der Waals surface area contributed by atoms with Gasteiger partial charge in [0, 0.05) is 36.4 Å². The minimum atomic E-state index is 0.0441. The monoisotopic (exact) mass is 371 g/mol. The number of aromatic nitrogens is 1. The molecule has 2 amide bonds. The third-order valence-corrected chi connectivity index (χ3v) is 5.92. The van der Waals surface area contributed by atoms with Gasteiger partial charge < -0.3 is 10.2 Å². The normalized spacial score (nSPS) is 15.1. The molecule has 0 unspecified atom stereocenters. The Balaban J connectivity index is 1.55. The van der Waals surface area contributed by atoms with Crippen LogP contribution in [-0.2, 0) is 11.3 Å². The summed E-state index contributed by atoms with van der Waals surface area (Å²) in [5.41, 5.74) is 2.75. The lowest BCUT2D eigenvalue weighted by atomic mass is 9.96. The summed E-state index contributed by atoms with van der Waals surface area (Å²) in [5, 5.41) is 6.01. The quantitative estimate of drug-likeness (QED) is 0.875. The Morgan fingerprint density at radius 1 is 1.27 bits per heavy atom. The molecule has 6 heteroatoms. The van der Waals surface area contributed by atoms with Crippen molar-refractivity contribution in [2.75, 3.05) is 13.1 Å². The molecule has 138 valence electrons. The van der Waals surface area contributed by atoms with Crippen molar-refractivity contribution in [3.05, 3.63) is 51.5 Å². The number of aryl methyl sites for hydroxylation is 1. The molecule has 1 aliphatic rings. The van der Waals surface area contributed by atoms with Gasteiger partial charge >= 0.3 is 0 Å². The highest BCUT2D eigenvalue weighted by Gasteiger charge is 2.26. The molecular weight excluding hydrogens is 346 g/mol. The lowest BCUT2D eigenvalue weighted by Gasteiger charge is -2.31. The van der Waals surface area contributed by atoms with E-state index in [4.69, 9.17) is 0 Å². The minimum absolute atomic E-state index is 0.0441. The highest BCUT2D eigenvalue weighted by atomic mass is 32.1. The summed E-state index contributed by atoms with van der Waals surface area (Å²) in [6.07, 6.45) is 2.36. The second-order valence-corrected chi connectivity index (χ2v) is 7.58. The fourth-order valence-corrected chi connectivity index (χ4v) is 4.21. The van der Waals surface area contributed by atoms with Gasteiger partial charge in [-0.1, -0.05) is 25.1 Å². The molecule has 2 aromatic rings. The molecule has 1 aromatic heterocycles. The van der Waals surface area contributed by atoms with Crippen molar-refractivity contribution in [3.63, 3.8) is 0 Å². The number of hydrogen-bond acceptors (Lipinski definition) is 4. The van der Waals surface area contributed by atoms with Gasteiger partial charge in [-0.15, -0.1) is 11.3 Å². The molecule has 0 atom stereocenters. The SMILES string of the molecule is CCC(=O)NCc1csc(C2CCN(C(=O)c3ccccc3C)CC2)n1. The van der Waals surface area contributed by atoms with Crippen LogP contribution in [0.5, 0.6) is 0 Å². The number of hydrogen-bond donors (Lipinski definition) is 1. The number of rotatable bonds is 5. The van der Waals surface area contributed by atoms with E-state index in [0.29, 0.717) is 18.9 Å². The van der Waals surface area contributed by atoms with Crippen LogP contribution in [0.3, 0.4) is 0 Å². The van der Waals surface area contributed by atoms with Crippen LogP contribution >= 0.6 is 11.3 Å². The molecule has 5 nitrogen and oxygen atoms in total. The molecular formula is C20H25N3O2S. The lowest BCUT2D eigenvalue weighted by Crippen LogP contribution is -2.38. The highest BCUT2D eigenvalue weighted by molar-refractivity contribution is 7.09. The summed E-state index contributed by atoms with van der Waals surface area (Å²) >= 11 is 1.66. The Morgan fingerprint density at radius 2 is 2.00 bits per heavy atom. The molecule has 2 heterocycles. The van der Waals surface area contributed by atoms with Gasteiger partial charge in [0.15, 0.2) is 0 Å². The number of nitrogens with zero attached hydrogens (tertiary/aromatic N) is 2. The van der Waals surface area contributed by atoms with Crippen molar-refractivity contribution in [1.29, 1.82) is 0 Å². The number of likely N-dealkylation sites (tertiary alicyclic amines) is 1. The van der Waals surface area contributed by atoms with E-state index < -0.39 is 0 Å². The Hall–Kier alpha value is -2.21. The second-order valence-electron chi connectivity index (χ2n) is 6.69. The van der Waals surface area contributed by atoms with Crippen LogP contribution in [0.2, 0.25) is 0 Å². The summed E-state index contributed by atoms with van der Waals surface area (Å²) in [6.45, 7) is 5.84. The maximum Gasteiger partial charge on any atom is 0.254 e. The number of benzene rings is 1. The Bertz CT molecular complexity index is 779. The molecule has 3 rings (SSSR count). The number of amides is 2. The minimum Gasteiger partial charge on any atom is -0.350 e. The van der Waals surface area contributed by atoms with Crippen LogP contribution in [0.25, 0.3) is 0 Å². The molecule has 0 radical (unpaired) electrons. The summed E-state index contributed by atoms with van der Waals surface area (Å²) in [4.78, 5) is 30.7. The fraction of sp³-hybridized carbons (Fsp3) is 0.450. The van der Waals surface area contributed by atoms with E-state index in [2.05, 4.69) is 10.3 Å². The number of nitrogens with one attached hydrogen (secondary N) is 1. The van der Waals surface area contributed by atoms with E-state index in [-0.39, 0.29) is 11.8 Å². The first-order valence-corrected chi connectivity index (χ1v) is 10.0. The van der Waals surface area contributed by atoms with E-state index in [1.165, 1.54) is 0 Å². The average Bonchev–Trinajstić information content (AvgIpc) is 3.15. The van der Waals surface area contributed by atoms with E-state index in [1.807, 2.05) is 48.4 Å². The predicted octanol–water partition coefficient (Wildman–Crippen LogP) is 3.50. The van der Waals surface area contributed by atoms with Crippen molar-refractivity contribution in [1.82, 2.24) is 15.2 Å². The third kappa shape index (κ3) is 4.30. The van der Waals surface area contributed by atoms with Crippen LogP contribution in [0.15, 0.2) is 29.6 Å². The molecule has 0 spiro atoms. The smallest absolute Gasteiger partial charge is 0.254 e. The van der Waals surface area contributed by atoms with Gasteiger partial charge in [0.1, 0.15) is 0 Å². The van der Waals surface area contributed by atoms with Crippen molar-refractivity contribution in [3.8, 4) is 0 Å². The fourth-order valence-electron chi connectivity index (χ4n) is 3.22. The summed E-state index contributed by atoms with van der Waals surface area (Å²) < 4.78 is 0. The topological polar surface area (TPSA) is 62.3 Å². The second kappa shape index (κ2) is 8.45. The average molecular weight is 372 g/mol. The van der Waals surface area contributed by atoms with Crippen molar-refractivity contribution >= 4 is 23.2 Å². The van der Waals surface area contributed by atoms with Gasteiger partial charge in [0.2, 0.25) is 5.91 Å². The Kier molecular flexibility index (Phi) is 6.04. The lowest BCUT2D eigenvalue weighted by molar-refractivity contribution is -0.120. The summed E-state index contributed by atoms with van der Waals surface area (Å²) in [5.74, 6) is 0.572. The van der Waals surface area contributed by atoms with Crippen molar-refractivity contribution in [2.24, 2.45) is 0 Å². The van der Waals surface area contributed by atoms with E-state index >= 15 is 0 Å². The zero-order valence-corrected chi connectivity index (χ0v) is 16.1. The zero-order chi connectivity index (χ0) is 18.5. The summed E-state index contributed by atoms with van der Waals surface area (Å²) in [6, 6.07) is 7.76. The number of carbonyl (C=O) groups is 2. The third-order valence-electron chi connectivity index (χ3n) is 4.86. The van der Waals surface area contributed by atoms with Crippen LogP contribution < -0.4 is 5.32 Å². The molecule has 1 saturated heterocycles. The first kappa shape index (κ1) is 18.6. The molecule has 26 heavy (non-hydrogen) atoms. The van der Waals surface area contributed by atoms with Crippen LogP contribution in [0, 0.1) is 6.92 Å². The van der Waals surface area contributed by atoms with Crippen molar-refractivity contribution in [2.45, 2.75) is 45.6 Å². The van der Waals surface area contributed by atoms with Crippen LogP contribution in [0.1, 0.15) is 58.7 Å². The molecule has 1 N–H and O–H groups in total. The van der Waals surface area contributed by atoms with E-state index in [0.717, 1.165) is 47.8 Å². The number of piperidine rings is 1. The Morgan fingerprint density at radius 3 is 2.69 bits per heavy atom. The first-order chi connectivity index (χ1) is 12.6. The molecule has 0 bridgehead atoms. The maximum absolute atomic E-state index is 12.7.